The first-order chi connectivity index (χ1) is 12.3. The van der Waals surface area contributed by atoms with Crippen LogP contribution in [0, 0.1) is 5.92 Å². The van der Waals surface area contributed by atoms with Gasteiger partial charge in [-0.2, -0.15) is 0 Å². The number of piperidine rings is 1. The molecule has 26 heavy (non-hydrogen) atoms. The van der Waals surface area contributed by atoms with Crippen molar-refractivity contribution in [2.24, 2.45) is 5.92 Å². The van der Waals surface area contributed by atoms with Crippen molar-refractivity contribution < 1.29 is 14.3 Å². The second-order valence-corrected chi connectivity index (χ2v) is 8.32. The van der Waals surface area contributed by atoms with E-state index in [9.17, 15) is 9.59 Å². The molecule has 0 spiro atoms. The molecule has 2 aliphatic rings. The molecule has 0 N–H and O–H groups in total. The molecule has 0 radical (unpaired) electrons. The van der Waals surface area contributed by atoms with Crippen LogP contribution in [0.3, 0.4) is 0 Å². The van der Waals surface area contributed by atoms with Gasteiger partial charge in [-0.3, -0.25) is 9.59 Å². The van der Waals surface area contributed by atoms with Gasteiger partial charge in [-0.1, -0.05) is 6.07 Å². The number of benzene rings is 1. The number of ether oxygens (including phenoxy) is 1. The summed E-state index contributed by atoms with van der Waals surface area (Å²) >= 11 is 0. The van der Waals surface area contributed by atoms with Crippen molar-refractivity contribution in [1.82, 2.24) is 9.80 Å². The number of carbonyl (C=O) groups excluding carboxylic acids is 2. The molecule has 1 atom stereocenters. The van der Waals surface area contributed by atoms with Crippen LogP contribution in [0.15, 0.2) is 18.2 Å². The van der Waals surface area contributed by atoms with Gasteiger partial charge < -0.3 is 14.5 Å². The largest absolute Gasteiger partial charge is 0.497 e. The molecule has 142 valence electrons. The second-order valence-electron chi connectivity index (χ2n) is 8.32. The molecule has 2 heterocycles. The number of hydrogen-bond donors (Lipinski definition) is 0. The van der Waals surface area contributed by atoms with E-state index in [1.807, 2.05) is 36.6 Å². The highest BCUT2D eigenvalue weighted by molar-refractivity contribution is 6.01. The van der Waals surface area contributed by atoms with Gasteiger partial charge in [0.2, 0.25) is 11.8 Å². The number of nitrogens with zero attached hydrogens (tertiary/aromatic N) is 2. The lowest BCUT2D eigenvalue weighted by Crippen LogP contribution is -2.55. The average molecular weight is 358 g/mol. The van der Waals surface area contributed by atoms with Crippen LogP contribution in [-0.2, 0) is 22.4 Å². The van der Waals surface area contributed by atoms with E-state index < -0.39 is 5.92 Å². The molecule has 5 heteroatoms. The van der Waals surface area contributed by atoms with Crippen molar-refractivity contribution in [2.75, 3.05) is 26.7 Å². The summed E-state index contributed by atoms with van der Waals surface area (Å²) in [4.78, 5) is 29.8. The zero-order chi connectivity index (χ0) is 18.9. The molecule has 3 rings (SSSR count). The number of rotatable bonds is 2. The summed E-state index contributed by atoms with van der Waals surface area (Å²) in [6.07, 6.45) is 3.20. The third-order valence-electron chi connectivity index (χ3n) is 5.57. The highest BCUT2D eigenvalue weighted by Crippen LogP contribution is 2.28. The van der Waals surface area contributed by atoms with Gasteiger partial charge in [0.25, 0.3) is 0 Å². The van der Waals surface area contributed by atoms with E-state index in [2.05, 4.69) is 12.1 Å². The molecule has 1 unspecified atom stereocenters. The maximum Gasteiger partial charge on any atom is 0.235 e. The summed E-state index contributed by atoms with van der Waals surface area (Å²) < 4.78 is 5.32. The van der Waals surface area contributed by atoms with E-state index in [4.69, 9.17) is 4.74 Å². The molecule has 1 aromatic carbocycles. The lowest BCUT2D eigenvalue weighted by Gasteiger charge is -2.41. The van der Waals surface area contributed by atoms with Gasteiger partial charge in [0.15, 0.2) is 0 Å². The smallest absolute Gasteiger partial charge is 0.235 e. The van der Waals surface area contributed by atoms with Crippen molar-refractivity contribution in [1.29, 1.82) is 0 Å². The third kappa shape index (κ3) is 3.71. The quantitative estimate of drug-likeness (QED) is 0.764. The predicted octanol–water partition coefficient (Wildman–Crippen LogP) is 2.66. The number of hydrogen-bond acceptors (Lipinski definition) is 3. The van der Waals surface area contributed by atoms with Crippen LogP contribution in [0.5, 0.6) is 5.75 Å². The third-order valence-corrected chi connectivity index (χ3v) is 5.57. The highest BCUT2D eigenvalue weighted by atomic mass is 16.5. The van der Waals surface area contributed by atoms with Crippen LogP contribution >= 0.6 is 0 Å². The number of methoxy groups -OCH3 is 1. The SMILES string of the molecule is COc1ccc2c(c1)CCN(C(=O)C1CCCN(C(C)(C)C)C1=O)CC2. The molecule has 0 saturated carbocycles. The van der Waals surface area contributed by atoms with Gasteiger partial charge in [0, 0.05) is 25.2 Å². The molecule has 0 aromatic heterocycles. The van der Waals surface area contributed by atoms with Gasteiger partial charge in [0.1, 0.15) is 11.7 Å². The van der Waals surface area contributed by atoms with Gasteiger partial charge >= 0.3 is 0 Å². The van der Waals surface area contributed by atoms with E-state index in [0.717, 1.165) is 31.6 Å². The Balaban J connectivity index is 1.72. The van der Waals surface area contributed by atoms with Crippen LogP contribution in [-0.4, -0.2) is 53.9 Å². The average Bonchev–Trinajstić information content (AvgIpc) is 2.82. The topological polar surface area (TPSA) is 49.9 Å². The van der Waals surface area contributed by atoms with Gasteiger partial charge in [-0.15, -0.1) is 0 Å². The second kappa shape index (κ2) is 7.29. The Hall–Kier alpha value is -2.04. The predicted molar refractivity (Wildman–Crippen MR) is 101 cm³/mol. The first-order valence-corrected chi connectivity index (χ1v) is 9.57. The maximum absolute atomic E-state index is 13.1. The molecule has 1 fully saturated rings. The Morgan fingerprint density at radius 2 is 1.81 bits per heavy atom. The normalized spacial score (nSPS) is 21.2. The van der Waals surface area contributed by atoms with Crippen LogP contribution in [0.2, 0.25) is 0 Å². The minimum absolute atomic E-state index is 0.00261. The van der Waals surface area contributed by atoms with Crippen LogP contribution < -0.4 is 4.74 Å². The summed E-state index contributed by atoms with van der Waals surface area (Å²) in [7, 11) is 1.67. The first kappa shape index (κ1) is 18.7. The van der Waals surface area contributed by atoms with Crippen molar-refractivity contribution in [2.45, 2.75) is 52.0 Å². The van der Waals surface area contributed by atoms with Crippen molar-refractivity contribution in [3.8, 4) is 5.75 Å². The fourth-order valence-corrected chi connectivity index (χ4v) is 4.04. The Bertz CT molecular complexity index is 693. The Kier molecular flexibility index (Phi) is 5.26. The maximum atomic E-state index is 13.1. The van der Waals surface area contributed by atoms with E-state index in [1.165, 1.54) is 11.1 Å². The number of amides is 2. The highest BCUT2D eigenvalue weighted by Gasteiger charge is 2.40. The van der Waals surface area contributed by atoms with Gasteiger partial charge in [0.05, 0.1) is 7.11 Å². The minimum Gasteiger partial charge on any atom is -0.497 e. The van der Waals surface area contributed by atoms with Gasteiger partial charge in [-0.05, 0) is 69.7 Å². The summed E-state index contributed by atoms with van der Waals surface area (Å²) in [5, 5.41) is 0. The molecule has 0 aliphatic carbocycles. The first-order valence-electron chi connectivity index (χ1n) is 9.57. The zero-order valence-electron chi connectivity index (χ0n) is 16.4. The summed E-state index contributed by atoms with van der Waals surface area (Å²) in [6, 6.07) is 6.13. The monoisotopic (exact) mass is 358 g/mol. The van der Waals surface area contributed by atoms with Crippen molar-refractivity contribution in [3.05, 3.63) is 29.3 Å². The fraction of sp³-hybridized carbons (Fsp3) is 0.619. The molecular formula is C21H30N2O3. The van der Waals surface area contributed by atoms with Crippen LogP contribution in [0.25, 0.3) is 0 Å². The number of fused-ring (bicyclic) bond motifs is 1. The number of likely N-dealkylation sites (tertiary alicyclic amines) is 1. The van der Waals surface area contributed by atoms with E-state index in [1.54, 1.807) is 7.11 Å². The van der Waals surface area contributed by atoms with Crippen molar-refractivity contribution in [3.63, 3.8) is 0 Å². The summed E-state index contributed by atoms with van der Waals surface area (Å²) in [6.45, 7) is 8.20. The molecular weight excluding hydrogens is 328 g/mol. The van der Waals surface area contributed by atoms with E-state index in [0.29, 0.717) is 19.5 Å². The lowest BCUT2D eigenvalue weighted by atomic mass is 9.91. The molecule has 2 aliphatic heterocycles. The number of carbonyl (C=O) groups is 2. The van der Waals surface area contributed by atoms with Crippen LogP contribution in [0.1, 0.15) is 44.7 Å². The Morgan fingerprint density at radius 1 is 1.12 bits per heavy atom. The standard InChI is InChI=1S/C21H30N2O3/c1-21(2,3)23-11-5-6-18(20(23)25)19(24)22-12-9-15-7-8-17(26-4)14-16(15)10-13-22/h7-8,14,18H,5-6,9-13H2,1-4H3. The molecule has 1 saturated heterocycles. The Labute approximate surface area is 156 Å². The van der Waals surface area contributed by atoms with E-state index in [-0.39, 0.29) is 17.4 Å². The van der Waals surface area contributed by atoms with E-state index >= 15 is 0 Å². The molecule has 2 amide bonds. The van der Waals surface area contributed by atoms with Crippen molar-refractivity contribution >= 4 is 11.8 Å². The molecule has 1 aromatic rings. The fourth-order valence-electron chi connectivity index (χ4n) is 4.04. The molecule has 0 bridgehead atoms. The van der Waals surface area contributed by atoms with Crippen LogP contribution in [0.4, 0.5) is 0 Å². The summed E-state index contributed by atoms with van der Waals surface area (Å²) in [5.74, 6) is 0.339. The lowest BCUT2D eigenvalue weighted by molar-refractivity contribution is -0.153. The van der Waals surface area contributed by atoms with Gasteiger partial charge in [-0.25, -0.2) is 0 Å². The Morgan fingerprint density at radius 3 is 2.46 bits per heavy atom. The minimum atomic E-state index is -0.515. The zero-order valence-corrected chi connectivity index (χ0v) is 16.4. The summed E-state index contributed by atoms with van der Waals surface area (Å²) in [5.41, 5.74) is 2.28. The molecule has 5 nitrogen and oxygen atoms in total.